The van der Waals surface area contributed by atoms with E-state index in [1.807, 2.05) is 6.07 Å². The van der Waals surface area contributed by atoms with E-state index < -0.39 is 17.8 Å². The molecule has 1 aliphatic heterocycles. The first-order valence-electron chi connectivity index (χ1n) is 8.42. The van der Waals surface area contributed by atoms with Crippen LogP contribution in [0.15, 0.2) is 54.6 Å². The largest absolute Gasteiger partial charge is 0.416 e. The number of anilines is 1. The highest BCUT2D eigenvalue weighted by Crippen LogP contribution is 2.29. The summed E-state index contributed by atoms with van der Waals surface area (Å²) < 4.78 is 37.7. The fourth-order valence-corrected chi connectivity index (χ4v) is 2.82. The summed E-state index contributed by atoms with van der Waals surface area (Å²) in [5.74, 6) is -0.0848. The Morgan fingerprint density at radius 2 is 1.37 bits per heavy atom. The van der Waals surface area contributed by atoms with Crippen molar-refractivity contribution >= 4 is 17.6 Å². The molecule has 0 aliphatic carbocycles. The molecule has 142 valence electrons. The number of amides is 3. The molecule has 0 spiro atoms. The molecule has 2 aromatic rings. The van der Waals surface area contributed by atoms with E-state index in [0.29, 0.717) is 31.7 Å². The first kappa shape index (κ1) is 18.8. The van der Waals surface area contributed by atoms with Crippen LogP contribution < -0.4 is 5.32 Å². The van der Waals surface area contributed by atoms with Gasteiger partial charge in [-0.2, -0.15) is 13.2 Å². The number of urea groups is 1. The average molecular weight is 377 g/mol. The van der Waals surface area contributed by atoms with E-state index in [1.54, 1.807) is 29.2 Å². The molecule has 0 atom stereocenters. The van der Waals surface area contributed by atoms with Crippen molar-refractivity contribution < 1.29 is 22.8 Å². The molecule has 1 fully saturated rings. The van der Waals surface area contributed by atoms with Gasteiger partial charge in [0.2, 0.25) is 0 Å². The first-order chi connectivity index (χ1) is 12.8. The monoisotopic (exact) mass is 377 g/mol. The topological polar surface area (TPSA) is 52.7 Å². The second-order valence-corrected chi connectivity index (χ2v) is 6.15. The summed E-state index contributed by atoms with van der Waals surface area (Å²) in [6.45, 7) is 1.50. The Bertz CT molecular complexity index is 799. The van der Waals surface area contributed by atoms with E-state index in [2.05, 4.69) is 5.32 Å². The molecule has 8 heteroatoms. The van der Waals surface area contributed by atoms with Gasteiger partial charge in [-0.05, 0) is 36.4 Å². The van der Waals surface area contributed by atoms with Crippen LogP contribution in [-0.4, -0.2) is 47.9 Å². The van der Waals surface area contributed by atoms with Crippen LogP contribution in [0, 0.1) is 0 Å². The van der Waals surface area contributed by atoms with Gasteiger partial charge in [0.25, 0.3) is 5.91 Å². The molecule has 3 amide bonds. The Balaban J connectivity index is 1.53. The highest BCUT2D eigenvalue weighted by molar-refractivity contribution is 5.94. The van der Waals surface area contributed by atoms with Crippen molar-refractivity contribution in [3.05, 3.63) is 65.7 Å². The number of alkyl halides is 3. The Morgan fingerprint density at radius 1 is 0.815 bits per heavy atom. The normalized spacial score (nSPS) is 14.8. The predicted molar refractivity (Wildman–Crippen MR) is 94.4 cm³/mol. The zero-order valence-corrected chi connectivity index (χ0v) is 14.4. The summed E-state index contributed by atoms with van der Waals surface area (Å²) in [4.78, 5) is 27.9. The molecule has 27 heavy (non-hydrogen) atoms. The third kappa shape index (κ3) is 4.58. The van der Waals surface area contributed by atoms with Crippen LogP contribution in [0.2, 0.25) is 0 Å². The molecule has 0 aromatic heterocycles. The molecule has 0 saturated carbocycles. The minimum Gasteiger partial charge on any atom is -0.335 e. The maximum absolute atomic E-state index is 12.6. The van der Waals surface area contributed by atoms with Crippen molar-refractivity contribution in [3.63, 3.8) is 0 Å². The molecule has 0 radical (unpaired) electrons. The highest BCUT2D eigenvalue weighted by Gasteiger charge is 2.30. The van der Waals surface area contributed by atoms with Crippen LogP contribution in [0.1, 0.15) is 15.9 Å². The molecule has 0 bridgehead atoms. The van der Waals surface area contributed by atoms with Gasteiger partial charge in [-0.3, -0.25) is 4.79 Å². The highest BCUT2D eigenvalue weighted by atomic mass is 19.4. The standard InChI is InChI=1S/C19H18F3N3O2/c20-19(21,22)15-6-8-16(9-7-15)23-18(27)25-12-10-24(11-13-25)17(26)14-4-2-1-3-5-14/h1-9H,10-13H2,(H,23,27). The minimum atomic E-state index is -4.41. The van der Waals surface area contributed by atoms with Gasteiger partial charge in [-0.15, -0.1) is 0 Å². The van der Waals surface area contributed by atoms with Crippen LogP contribution in [0.25, 0.3) is 0 Å². The summed E-state index contributed by atoms with van der Waals surface area (Å²) in [6.07, 6.45) is -4.41. The van der Waals surface area contributed by atoms with E-state index in [-0.39, 0.29) is 11.6 Å². The number of rotatable bonds is 2. The van der Waals surface area contributed by atoms with Crippen LogP contribution >= 0.6 is 0 Å². The molecule has 2 aromatic carbocycles. The van der Waals surface area contributed by atoms with Crippen LogP contribution in [0.4, 0.5) is 23.7 Å². The Labute approximate surface area is 154 Å². The average Bonchev–Trinajstić information content (AvgIpc) is 2.68. The van der Waals surface area contributed by atoms with Crippen molar-refractivity contribution in [1.82, 2.24) is 9.80 Å². The van der Waals surface area contributed by atoms with Gasteiger partial charge in [0.1, 0.15) is 0 Å². The molecule has 1 heterocycles. The van der Waals surface area contributed by atoms with Gasteiger partial charge in [-0.25, -0.2) is 4.79 Å². The zero-order valence-electron chi connectivity index (χ0n) is 14.4. The van der Waals surface area contributed by atoms with Crippen LogP contribution in [0.5, 0.6) is 0 Å². The number of piperazine rings is 1. The number of carbonyl (C=O) groups is 2. The SMILES string of the molecule is O=C(Nc1ccc(C(F)(F)F)cc1)N1CCN(C(=O)c2ccccc2)CC1. The number of benzene rings is 2. The second-order valence-electron chi connectivity index (χ2n) is 6.15. The minimum absolute atomic E-state index is 0.0848. The smallest absolute Gasteiger partial charge is 0.335 e. The molecule has 1 aliphatic rings. The third-order valence-corrected chi connectivity index (χ3v) is 4.34. The summed E-state index contributed by atoms with van der Waals surface area (Å²) >= 11 is 0. The molecule has 5 nitrogen and oxygen atoms in total. The van der Waals surface area contributed by atoms with Gasteiger partial charge in [0, 0.05) is 37.4 Å². The zero-order chi connectivity index (χ0) is 19.4. The van der Waals surface area contributed by atoms with Gasteiger partial charge >= 0.3 is 12.2 Å². The number of hydrogen-bond donors (Lipinski definition) is 1. The van der Waals surface area contributed by atoms with E-state index in [4.69, 9.17) is 0 Å². The summed E-state index contributed by atoms with van der Waals surface area (Å²) in [7, 11) is 0. The molecule has 1 N–H and O–H groups in total. The lowest BCUT2D eigenvalue weighted by molar-refractivity contribution is -0.137. The van der Waals surface area contributed by atoms with Gasteiger partial charge < -0.3 is 15.1 Å². The summed E-state index contributed by atoms with van der Waals surface area (Å²) in [5.41, 5.74) is 0.115. The van der Waals surface area contributed by atoms with Crippen LogP contribution in [0.3, 0.4) is 0 Å². The number of nitrogens with zero attached hydrogens (tertiary/aromatic N) is 2. The van der Waals surface area contributed by atoms with Crippen molar-refractivity contribution in [2.24, 2.45) is 0 Å². The lowest BCUT2D eigenvalue weighted by Gasteiger charge is -2.34. The van der Waals surface area contributed by atoms with E-state index in [9.17, 15) is 22.8 Å². The first-order valence-corrected chi connectivity index (χ1v) is 8.42. The van der Waals surface area contributed by atoms with E-state index in [0.717, 1.165) is 12.1 Å². The van der Waals surface area contributed by atoms with E-state index in [1.165, 1.54) is 17.0 Å². The Hall–Kier alpha value is -3.03. The molecular weight excluding hydrogens is 359 g/mol. The van der Waals surface area contributed by atoms with Gasteiger partial charge in [-0.1, -0.05) is 18.2 Å². The Kier molecular flexibility index (Phi) is 5.34. The fourth-order valence-electron chi connectivity index (χ4n) is 2.82. The Morgan fingerprint density at radius 3 is 1.93 bits per heavy atom. The molecular formula is C19H18F3N3O2. The number of nitrogens with one attached hydrogen (secondary N) is 1. The quantitative estimate of drug-likeness (QED) is 0.868. The van der Waals surface area contributed by atoms with Crippen molar-refractivity contribution in [3.8, 4) is 0 Å². The molecule has 0 unspecified atom stereocenters. The summed E-state index contributed by atoms with van der Waals surface area (Å²) in [6, 6.07) is 12.8. The fraction of sp³-hybridized carbons (Fsp3) is 0.263. The van der Waals surface area contributed by atoms with Gasteiger partial charge in [0.05, 0.1) is 5.56 Å². The van der Waals surface area contributed by atoms with Crippen molar-refractivity contribution in [2.75, 3.05) is 31.5 Å². The molecule has 1 saturated heterocycles. The van der Waals surface area contributed by atoms with Gasteiger partial charge in [0.15, 0.2) is 0 Å². The lowest BCUT2D eigenvalue weighted by Crippen LogP contribution is -2.51. The third-order valence-electron chi connectivity index (χ3n) is 4.34. The lowest BCUT2D eigenvalue weighted by atomic mass is 10.2. The second kappa shape index (κ2) is 7.69. The maximum atomic E-state index is 12.6. The van der Waals surface area contributed by atoms with Crippen LogP contribution in [-0.2, 0) is 6.18 Å². The predicted octanol–water partition coefficient (Wildman–Crippen LogP) is 3.70. The van der Waals surface area contributed by atoms with Crippen molar-refractivity contribution in [1.29, 1.82) is 0 Å². The maximum Gasteiger partial charge on any atom is 0.416 e. The number of carbonyl (C=O) groups excluding carboxylic acids is 2. The molecule has 3 rings (SSSR count). The number of halogens is 3. The van der Waals surface area contributed by atoms with Crippen molar-refractivity contribution in [2.45, 2.75) is 6.18 Å². The summed E-state index contributed by atoms with van der Waals surface area (Å²) in [5, 5.41) is 2.58. The number of hydrogen-bond acceptors (Lipinski definition) is 2. The van der Waals surface area contributed by atoms with E-state index >= 15 is 0 Å².